The van der Waals surface area contributed by atoms with E-state index < -0.39 is 18.2 Å². The quantitative estimate of drug-likeness (QED) is 0.387. The van der Waals surface area contributed by atoms with Crippen LogP contribution in [0, 0.1) is 0 Å². The van der Waals surface area contributed by atoms with E-state index in [4.69, 9.17) is 0 Å². The maximum atomic E-state index is 12.5. The van der Waals surface area contributed by atoms with Gasteiger partial charge in [0.25, 0.3) is 6.43 Å². The average molecular weight is 473 g/mol. The smallest absolute Gasteiger partial charge is 0.374 e. The van der Waals surface area contributed by atoms with Crippen LogP contribution in [0.5, 0.6) is 0 Å². The van der Waals surface area contributed by atoms with Crippen molar-refractivity contribution in [1.82, 2.24) is 0 Å². The van der Waals surface area contributed by atoms with Gasteiger partial charge in [0.05, 0.1) is 5.56 Å². The molecule has 2 heterocycles. The summed E-state index contributed by atoms with van der Waals surface area (Å²) in [6.45, 7) is 9.79. The van der Waals surface area contributed by atoms with Gasteiger partial charge in [-0.05, 0) is 55.0 Å². The van der Waals surface area contributed by atoms with Gasteiger partial charge in [-0.3, -0.25) is 0 Å². The first-order valence-electron chi connectivity index (χ1n) is 11.7. The number of benzene rings is 2. The molecule has 0 radical (unpaired) electrons. The largest absolute Gasteiger partial charge is 0.416 e. The molecule has 0 unspecified atom stereocenters. The number of halogens is 5. The summed E-state index contributed by atoms with van der Waals surface area (Å²) < 4.78 is 62.3. The monoisotopic (exact) mass is 472 g/mol. The average Bonchev–Trinajstić information content (AvgIpc) is 2.81. The summed E-state index contributed by atoms with van der Waals surface area (Å²) in [4.78, 5) is 3.93. The molecular weight excluding hydrogens is 435 g/mol. The fourth-order valence-corrected chi connectivity index (χ4v) is 3.84. The highest BCUT2D eigenvalue weighted by molar-refractivity contribution is 5.57. The topological polar surface area (TPSA) is 6.48 Å². The minimum atomic E-state index is -4.24. The number of rotatable bonds is 1. The summed E-state index contributed by atoms with van der Waals surface area (Å²) in [7, 11) is 3.78. The minimum absolute atomic E-state index is 0.123. The van der Waals surface area contributed by atoms with Crippen LogP contribution in [0.4, 0.5) is 33.3 Å². The molecule has 0 fully saturated rings. The molecule has 33 heavy (non-hydrogen) atoms. The SMILES string of the molecule is CC.CC.CN1CCCc2ccc(C(F)(F)F)cc21.CN1CCCc2ccc(C(F)F)cc21. The van der Waals surface area contributed by atoms with Crippen molar-refractivity contribution >= 4 is 11.4 Å². The molecule has 0 saturated carbocycles. The van der Waals surface area contributed by atoms with Gasteiger partial charge >= 0.3 is 6.18 Å². The van der Waals surface area contributed by atoms with Gasteiger partial charge in [0, 0.05) is 44.1 Å². The molecular formula is C26H37F5N2. The molecule has 2 nitrogen and oxygen atoms in total. The highest BCUT2D eigenvalue weighted by atomic mass is 19.4. The molecule has 2 aromatic rings. The Morgan fingerprint density at radius 2 is 1.18 bits per heavy atom. The zero-order valence-electron chi connectivity index (χ0n) is 20.6. The Labute approximate surface area is 195 Å². The summed E-state index contributed by atoms with van der Waals surface area (Å²) in [6, 6.07) is 8.97. The molecule has 2 aliphatic heterocycles. The molecule has 0 spiro atoms. The van der Waals surface area contributed by atoms with Gasteiger partial charge in [-0.25, -0.2) is 8.78 Å². The van der Waals surface area contributed by atoms with E-state index in [0.717, 1.165) is 61.8 Å². The van der Waals surface area contributed by atoms with Gasteiger partial charge < -0.3 is 9.80 Å². The van der Waals surface area contributed by atoms with Crippen molar-refractivity contribution in [3.8, 4) is 0 Å². The van der Waals surface area contributed by atoms with Gasteiger partial charge in [-0.1, -0.05) is 45.9 Å². The molecule has 0 N–H and O–H groups in total. The zero-order valence-corrected chi connectivity index (χ0v) is 20.6. The highest BCUT2D eigenvalue weighted by Gasteiger charge is 2.31. The summed E-state index contributed by atoms with van der Waals surface area (Å²) in [5.41, 5.74) is 3.44. The Balaban J connectivity index is 0.000000288. The third-order valence-electron chi connectivity index (χ3n) is 5.48. The lowest BCUT2D eigenvalue weighted by Crippen LogP contribution is -2.25. The molecule has 0 amide bonds. The number of hydrogen-bond acceptors (Lipinski definition) is 2. The Morgan fingerprint density at radius 1 is 0.727 bits per heavy atom. The van der Waals surface area contributed by atoms with Crippen LogP contribution in [-0.4, -0.2) is 27.2 Å². The number of nitrogens with zero attached hydrogens (tertiary/aromatic N) is 2. The molecule has 0 bridgehead atoms. The first-order valence-corrected chi connectivity index (χ1v) is 11.7. The van der Waals surface area contributed by atoms with Crippen LogP contribution in [0.2, 0.25) is 0 Å². The van der Waals surface area contributed by atoms with Gasteiger partial charge in [0.2, 0.25) is 0 Å². The van der Waals surface area contributed by atoms with E-state index in [9.17, 15) is 22.0 Å². The van der Waals surface area contributed by atoms with E-state index in [1.165, 1.54) is 17.7 Å². The minimum Gasteiger partial charge on any atom is -0.374 e. The third-order valence-corrected chi connectivity index (χ3v) is 5.48. The van der Waals surface area contributed by atoms with E-state index in [1.807, 2.05) is 57.7 Å². The summed E-state index contributed by atoms with van der Waals surface area (Å²) in [5.74, 6) is 0. The zero-order chi connectivity index (χ0) is 25.2. The van der Waals surface area contributed by atoms with Gasteiger partial charge in [-0.15, -0.1) is 0 Å². The van der Waals surface area contributed by atoms with Crippen molar-refractivity contribution in [3.05, 3.63) is 58.7 Å². The second kappa shape index (κ2) is 13.4. The second-order valence-electron chi connectivity index (χ2n) is 7.58. The van der Waals surface area contributed by atoms with Crippen molar-refractivity contribution < 1.29 is 22.0 Å². The molecule has 2 aliphatic rings. The van der Waals surface area contributed by atoms with Crippen LogP contribution >= 0.6 is 0 Å². The van der Waals surface area contributed by atoms with Gasteiger partial charge in [-0.2, -0.15) is 13.2 Å². The van der Waals surface area contributed by atoms with Crippen LogP contribution in [0.1, 0.15) is 69.2 Å². The fourth-order valence-electron chi connectivity index (χ4n) is 3.84. The molecule has 4 rings (SSSR count). The predicted molar refractivity (Wildman–Crippen MR) is 129 cm³/mol. The molecule has 0 saturated heterocycles. The van der Waals surface area contributed by atoms with E-state index in [2.05, 4.69) is 0 Å². The number of alkyl halides is 5. The Bertz CT molecular complexity index is 849. The second-order valence-corrected chi connectivity index (χ2v) is 7.58. The number of fused-ring (bicyclic) bond motifs is 2. The van der Waals surface area contributed by atoms with E-state index in [-0.39, 0.29) is 5.56 Å². The number of anilines is 2. The van der Waals surface area contributed by atoms with E-state index >= 15 is 0 Å². The highest BCUT2D eigenvalue weighted by Crippen LogP contribution is 2.35. The first-order chi connectivity index (χ1) is 15.7. The molecule has 2 aromatic carbocycles. The van der Waals surface area contributed by atoms with Crippen LogP contribution in [0.3, 0.4) is 0 Å². The molecule has 0 aliphatic carbocycles. The Hall–Kier alpha value is -2.31. The normalized spacial score (nSPS) is 14.5. The van der Waals surface area contributed by atoms with Crippen molar-refractivity contribution in [2.75, 3.05) is 37.0 Å². The standard InChI is InChI=1S/C11H12F3N.C11H13F2N.2C2H6/c1-15-6-2-3-8-4-5-9(7-10(8)15)11(12,13)14;1-14-6-2-3-8-4-5-9(11(12)13)7-10(8)14;2*1-2/h4-5,7H,2-3,6H2,1H3;4-5,7,11H,2-3,6H2,1H3;2*1-2H3. The fraction of sp³-hybridized carbons (Fsp3) is 0.538. The summed E-state index contributed by atoms with van der Waals surface area (Å²) in [5, 5.41) is 0. The van der Waals surface area contributed by atoms with Crippen molar-refractivity contribution in [3.63, 3.8) is 0 Å². The third kappa shape index (κ3) is 7.90. The predicted octanol–water partition coefficient (Wildman–Crippen LogP) is 8.15. The first kappa shape index (κ1) is 28.7. The number of hydrogen-bond donors (Lipinski definition) is 0. The van der Waals surface area contributed by atoms with Crippen molar-refractivity contribution in [2.45, 2.75) is 66.0 Å². The molecule has 186 valence electrons. The maximum Gasteiger partial charge on any atom is 0.416 e. The molecule has 0 atom stereocenters. The van der Waals surface area contributed by atoms with Crippen molar-refractivity contribution in [1.29, 1.82) is 0 Å². The van der Waals surface area contributed by atoms with Crippen LogP contribution in [-0.2, 0) is 19.0 Å². The van der Waals surface area contributed by atoms with Crippen LogP contribution in [0.15, 0.2) is 36.4 Å². The van der Waals surface area contributed by atoms with Crippen LogP contribution in [0.25, 0.3) is 0 Å². The summed E-state index contributed by atoms with van der Waals surface area (Å²) in [6.07, 6.45) is -2.61. The van der Waals surface area contributed by atoms with Gasteiger partial charge in [0.15, 0.2) is 0 Å². The molecule has 0 aromatic heterocycles. The lowest BCUT2D eigenvalue weighted by Gasteiger charge is -2.28. The molecule has 7 heteroatoms. The van der Waals surface area contributed by atoms with Crippen molar-refractivity contribution in [2.24, 2.45) is 0 Å². The van der Waals surface area contributed by atoms with Crippen LogP contribution < -0.4 is 9.80 Å². The Kier molecular flexibility index (Phi) is 11.7. The van der Waals surface area contributed by atoms with Gasteiger partial charge in [0.1, 0.15) is 0 Å². The lowest BCUT2D eigenvalue weighted by atomic mass is 10.00. The Morgan fingerprint density at radius 3 is 1.64 bits per heavy atom. The number of aryl methyl sites for hydroxylation is 2. The maximum absolute atomic E-state index is 12.5. The van der Waals surface area contributed by atoms with E-state index in [0.29, 0.717) is 0 Å². The van der Waals surface area contributed by atoms with E-state index in [1.54, 1.807) is 12.1 Å². The lowest BCUT2D eigenvalue weighted by molar-refractivity contribution is -0.137. The summed E-state index contributed by atoms with van der Waals surface area (Å²) >= 11 is 0.